The van der Waals surface area contributed by atoms with Crippen molar-refractivity contribution >= 4 is 23.2 Å². The molecule has 2 atom stereocenters. The van der Waals surface area contributed by atoms with Crippen LogP contribution in [-0.4, -0.2) is 0 Å². The van der Waals surface area contributed by atoms with Crippen molar-refractivity contribution in [1.82, 2.24) is 0 Å². The second-order valence-corrected chi connectivity index (χ2v) is 8.31. The summed E-state index contributed by atoms with van der Waals surface area (Å²) in [5.41, 5.74) is 9.11. The zero-order valence-corrected chi connectivity index (χ0v) is 15.3. The van der Waals surface area contributed by atoms with Gasteiger partial charge in [-0.1, -0.05) is 42.8 Å². The van der Waals surface area contributed by atoms with Gasteiger partial charge < -0.3 is 0 Å². The van der Waals surface area contributed by atoms with E-state index in [0.717, 1.165) is 11.8 Å². The van der Waals surface area contributed by atoms with Crippen LogP contribution in [0.5, 0.6) is 0 Å². The molecule has 0 amide bonds. The second-order valence-electron chi connectivity index (χ2n) is 7.77. The smallest absolute Gasteiger partial charge is 0.0477 e. The molecule has 1 spiro atoms. The van der Waals surface area contributed by atoms with Gasteiger partial charge in [0.05, 0.1) is 0 Å². The summed E-state index contributed by atoms with van der Waals surface area (Å²) in [5, 5.41) is 0. The van der Waals surface area contributed by atoms with Crippen LogP contribution in [0.4, 0.5) is 0 Å². The Balaban J connectivity index is 1.87. The molecule has 24 heavy (non-hydrogen) atoms. The number of hydrogen-bond donors (Lipinski definition) is 0. The molecule has 5 rings (SSSR count). The van der Waals surface area contributed by atoms with Crippen LogP contribution in [0.25, 0.3) is 0 Å². The third kappa shape index (κ3) is 1.77. The molecular formula is C22H22Cl2. The van der Waals surface area contributed by atoms with E-state index in [2.05, 4.69) is 36.4 Å². The predicted octanol–water partition coefficient (Wildman–Crippen LogP) is 5.98. The number of alkyl halides is 2. The lowest BCUT2D eigenvalue weighted by Crippen LogP contribution is -2.42. The van der Waals surface area contributed by atoms with Crippen LogP contribution >= 0.6 is 23.2 Å². The van der Waals surface area contributed by atoms with E-state index >= 15 is 0 Å². The van der Waals surface area contributed by atoms with Crippen molar-refractivity contribution in [2.45, 2.75) is 49.3 Å². The molecule has 1 fully saturated rings. The molecule has 1 saturated carbocycles. The van der Waals surface area contributed by atoms with Crippen LogP contribution in [0.3, 0.4) is 0 Å². The van der Waals surface area contributed by atoms with Crippen LogP contribution in [-0.2, 0) is 30.0 Å². The Bertz CT molecular complexity index is 740. The Morgan fingerprint density at radius 1 is 0.792 bits per heavy atom. The maximum atomic E-state index is 6.40. The normalized spacial score (nSPS) is 29.8. The van der Waals surface area contributed by atoms with Crippen molar-refractivity contribution in [2.75, 3.05) is 0 Å². The molecule has 0 nitrogen and oxygen atoms in total. The SMILES string of the molecule is ClCc1cccc2c1C13c4c(CCl)cccc4C[C@@H]1CCC[C@H]3C2. The molecule has 0 N–H and O–H groups in total. The maximum absolute atomic E-state index is 6.40. The van der Waals surface area contributed by atoms with Gasteiger partial charge in [0.2, 0.25) is 0 Å². The fourth-order valence-corrected chi connectivity index (χ4v) is 6.78. The fraction of sp³-hybridized carbons (Fsp3) is 0.455. The minimum absolute atomic E-state index is 0.180. The van der Waals surface area contributed by atoms with Gasteiger partial charge in [0.15, 0.2) is 0 Å². The molecule has 0 aliphatic heterocycles. The summed E-state index contributed by atoms with van der Waals surface area (Å²) in [6.45, 7) is 0. The van der Waals surface area contributed by atoms with Crippen molar-refractivity contribution in [1.29, 1.82) is 0 Å². The van der Waals surface area contributed by atoms with Crippen LogP contribution in [0, 0.1) is 11.8 Å². The third-order valence-corrected chi connectivity index (χ3v) is 7.49. The zero-order chi connectivity index (χ0) is 16.3. The monoisotopic (exact) mass is 356 g/mol. The topological polar surface area (TPSA) is 0 Å². The second kappa shape index (κ2) is 5.51. The van der Waals surface area contributed by atoms with Gasteiger partial charge in [0, 0.05) is 17.2 Å². The lowest BCUT2D eigenvalue weighted by molar-refractivity contribution is 0.175. The average Bonchev–Trinajstić information content (AvgIpc) is 3.15. The van der Waals surface area contributed by atoms with Crippen molar-refractivity contribution in [3.05, 3.63) is 69.8 Å². The van der Waals surface area contributed by atoms with E-state index in [-0.39, 0.29) is 5.41 Å². The Labute approximate surface area is 154 Å². The lowest BCUT2D eigenvalue weighted by Gasteiger charge is -2.45. The van der Waals surface area contributed by atoms with Crippen molar-refractivity contribution < 1.29 is 0 Å². The standard InChI is InChI=1S/C22H22Cl2/c23-12-16-6-1-4-14-10-18-8-3-9-19-11-15-5-2-7-17(13-24)21(15)22(18,19)20(14)16/h1-2,4-7,18-19H,3,8-13H2/t18-,19-,22?/m0/s1. The Morgan fingerprint density at radius 2 is 1.29 bits per heavy atom. The van der Waals surface area contributed by atoms with Gasteiger partial charge in [0.25, 0.3) is 0 Å². The number of rotatable bonds is 2. The molecule has 0 radical (unpaired) electrons. The number of benzene rings is 2. The quantitative estimate of drug-likeness (QED) is 0.580. The van der Waals surface area contributed by atoms with Gasteiger partial charge in [-0.25, -0.2) is 0 Å². The van der Waals surface area contributed by atoms with Gasteiger partial charge >= 0.3 is 0 Å². The summed E-state index contributed by atoms with van der Waals surface area (Å²) in [6, 6.07) is 13.6. The molecule has 0 unspecified atom stereocenters. The maximum Gasteiger partial charge on any atom is 0.0477 e. The molecule has 0 bridgehead atoms. The van der Waals surface area contributed by atoms with Crippen molar-refractivity contribution in [3.8, 4) is 0 Å². The fourth-order valence-electron chi connectivity index (χ4n) is 6.33. The van der Waals surface area contributed by atoms with Crippen molar-refractivity contribution in [3.63, 3.8) is 0 Å². The lowest BCUT2D eigenvalue weighted by atomic mass is 9.58. The summed E-state index contributed by atoms with van der Waals surface area (Å²) in [4.78, 5) is 0. The summed E-state index contributed by atoms with van der Waals surface area (Å²) < 4.78 is 0. The highest BCUT2D eigenvalue weighted by Crippen LogP contribution is 2.64. The summed E-state index contributed by atoms with van der Waals surface area (Å²) in [7, 11) is 0. The molecule has 2 aromatic carbocycles. The molecular weight excluding hydrogens is 335 g/mol. The molecule has 0 aromatic heterocycles. The number of fused-ring (bicyclic) bond motifs is 2. The largest absolute Gasteiger partial charge is 0.122 e. The van der Waals surface area contributed by atoms with Gasteiger partial charge in [-0.05, 0) is 70.9 Å². The molecule has 0 saturated heterocycles. The summed E-state index contributed by atoms with van der Waals surface area (Å²) in [6.07, 6.45) is 6.47. The van der Waals surface area contributed by atoms with Crippen LogP contribution in [0.2, 0.25) is 0 Å². The number of halogens is 2. The first-order chi connectivity index (χ1) is 11.8. The van der Waals surface area contributed by atoms with Crippen LogP contribution in [0.15, 0.2) is 36.4 Å². The first-order valence-electron chi connectivity index (χ1n) is 9.15. The molecule has 124 valence electrons. The van der Waals surface area contributed by atoms with E-state index < -0.39 is 0 Å². The van der Waals surface area contributed by atoms with E-state index in [0.29, 0.717) is 11.8 Å². The first kappa shape index (κ1) is 15.3. The molecule has 2 aromatic rings. The Kier molecular flexibility index (Phi) is 3.51. The zero-order valence-electron chi connectivity index (χ0n) is 13.8. The average molecular weight is 357 g/mol. The molecule has 0 heterocycles. The minimum Gasteiger partial charge on any atom is -0.122 e. The van der Waals surface area contributed by atoms with E-state index in [1.165, 1.54) is 43.2 Å². The van der Waals surface area contributed by atoms with Gasteiger partial charge in [0.1, 0.15) is 0 Å². The number of hydrogen-bond acceptors (Lipinski definition) is 0. The molecule has 2 heteroatoms. The van der Waals surface area contributed by atoms with E-state index in [4.69, 9.17) is 23.2 Å². The highest BCUT2D eigenvalue weighted by molar-refractivity contribution is 6.17. The van der Waals surface area contributed by atoms with Gasteiger partial charge in [-0.3, -0.25) is 0 Å². The van der Waals surface area contributed by atoms with Crippen LogP contribution < -0.4 is 0 Å². The molecule has 3 aliphatic carbocycles. The van der Waals surface area contributed by atoms with Gasteiger partial charge in [-0.15, -0.1) is 23.2 Å². The Morgan fingerprint density at radius 3 is 1.75 bits per heavy atom. The van der Waals surface area contributed by atoms with E-state index in [1.807, 2.05) is 0 Å². The first-order valence-corrected chi connectivity index (χ1v) is 10.2. The third-order valence-electron chi connectivity index (χ3n) is 6.92. The van der Waals surface area contributed by atoms with E-state index in [1.54, 1.807) is 22.3 Å². The molecule has 3 aliphatic rings. The predicted molar refractivity (Wildman–Crippen MR) is 101 cm³/mol. The van der Waals surface area contributed by atoms with Gasteiger partial charge in [-0.2, -0.15) is 0 Å². The summed E-state index contributed by atoms with van der Waals surface area (Å²) in [5.74, 6) is 2.67. The summed E-state index contributed by atoms with van der Waals surface area (Å²) >= 11 is 12.8. The highest BCUT2D eigenvalue weighted by Gasteiger charge is 2.59. The van der Waals surface area contributed by atoms with E-state index in [9.17, 15) is 0 Å². The van der Waals surface area contributed by atoms with Crippen molar-refractivity contribution in [2.24, 2.45) is 11.8 Å². The highest BCUT2D eigenvalue weighted by atomic mass is 35.5. The van der Waals surface area contributed by atoms with Crippen LogP contribution in [0.1, 0.15) is 52.6 Å². The minimum atomic E-state index is 0.180. The Hall–Kier alpha value is -0.980.